The second-order valence-electron chi connectivity index (χ2n) is 4.69. The number of anilines is 1. The molecular weight excluding hydrogens is 230 g/mol. The summed E-state index contributed by atoms with van der Waals surface area (Å²) < 4.78 is 0. The van der Waals surface area contributed by atoms with Crippen LogP contribution in [-0.2, 0) is 6.54 Å². The molecule has 0 aliphatic carbocycles. The second-order valence-corrected chi connectivity index (χ2v) is 4.69. The van der Waals surface area contributed by atoms with E-state index in [9.17, 15) is 0 Å². The van der Waals surface area contributed by atoms with Crippen molar-refractivity contribution in [3.05, 3.63) is 84.8 Å². The van der Waals surface area contributed by atoms with Crippen LogP contribution < -0.4 is 5.32 Å². The van der Waals surface area contributed by atoms with Crippen molar-refractivity contribution in [2.24, 2.45) is 0 Å². The summed E-state index contributed by atoms with van der Waals surface area (Å²) in [5, 5.41) is 6.05. The zero-order valence-electron chi connectivity index (χ0n) is 10.8. The van der Waals surface area contributed by atoms with Crippen LogP contribution in [0.15, 0.2) is 66.7 Å². The van der Waals surface area contributed by atoms with E-state index in [2.05, 4.69) is 66.8 Å². The molecule has 0 aromatic heterocycles. The molecule has 0 heterocycles. The number of hydrogen-bond donors (Lipinski definition) is 1. The first kappa shape index (κ1) is 11.8. The minimum absolute atomic E-state index is 0.831. The summed E-state index contributed by atoms with van der Waals surface area (Å²) in [7, 11) is 0. The van der Waals surface area contributed by atoms with Crippen LogP contribution in [-0.4, -0.2) is 0 Å². The molecule has 1 heteroatoms. The van der Waals surface area contributed by atoms with E-state index in [0.717, 1.165) is 17.8 Å². The Bertz CT molecular complexity index is 678. The van der Waals surface area contributed by atoms with Crippen molar-refractivity contribution < 1.29 is 0 Å². The molecule has 0 spiro atoms. The highest BCUT2D eigenvalue weighted by Gasteiger charge is 2.00. The number of fused-ring (bicyclic) bond motifs is 1. The molecule has 0 aliphatic heterocycles. The van der Waals surface area contributed by atoms with Crippen LogP contribution in [0, 0.1) is 6.92 Å². The van der Waals surface area contributed by atoms with E-state index >= 15 is 0 Å². The lowest BCUT2D eigenvalue weighted by atomic mass is 10.0. The van der Waals surface area contributed by atoms with Crippen molar-refractivity contribution in [3.8, 4) is 0 Å². The molecule has 0 saturated heterocycles. The molecule has 0 atom stereocenters. The number of rotatable bonds is 3. The molecule has 0 aliphatic rings. The van der Waals surface area contributed by atoms with E-state index in [1.807, 2.05) is 12.1 Å². The molecule has 3 aromatic carbocycles. The van der Waals surface area contributed by atoms with Crippen molar-refractivity contribution in [1.82, 2.24) is 0 Å². The fraction of sp³-hybridized carbons (Fsp3) is 0.0556. The highest BCUT2D eigenvalue weighted by Crippen LogP contribution is 2.19. The maximum absolute atomic E-state index is 3.89. The van der Waals surface area contributed by atoms with E-state index in [1.54, 1.807) is 0 Å². The van der Waals surface area contributed by atoms with Crippen molar-refractivity contribution in [2.75, 3.05) is 5.32 Å². The van der Waals surface area contributed by atoms with E-state index in [0.29, 0.717) is 0 Å². The maximum Gasteiger partial charge on any atom is 0.0406 e. The van der Waals surface area contributed by atoms with Gasteiger partial charge in [-0.1, -0.05) is 54.6 Å². The van der Waals surface area contributed by atoms with Gasteiger partial charge in [-0.15, -0.1) is 0 Å². The molecule has 3 aromatic rings. The van der Waals surface area contributed by atoms with Gasteiger partial charge in [-0.3, -0.25) is 0 Å². The summed E-state index contributed by atoms with van der Waals surface area (Å²) in [5.41, 5.74) is 3.48. The predicted octanol–water partition coefficient (Wildman–Crippen LogP) is 4.63. The fourth-order valence-electron chi connectivity index (χ4n) is 2.27. The third-order valence-corrected chi connectivity index (χ3v) is 3.32. The molecule has 1 radical (unpaired) electrons. The van der Waals surface area contributed by atoms with Crippen LogP contribution in [0.1, 0.15) is 11.1 Å². The zero-order chi connectivity index (χ0) is 13.1. The Balaban J connectivity index is 1.84. The van der Waals surface area contributed by atoms with Gasteiger partial charge in [-0.2, -0.15) is 0 Å². The largest absolute Gasteiger partial charge is 0.381 e. The van der Waals surface area contributed by atoms with Gasteiger partial charge in [0.2, 0.25) is 0 Å². The standard InChI is InChI=1S/C18H16N/c1-14-9-11-17(12-10-14)19-13-16-7-4-6-15-5-2-3-8-18(15)16/h2-12,19H,1,13H2. The SMILES string of the molecule is [CH2]c1ccc(NCc2cccc3ccccc23)cc1. The molecule has 0 fully saturated rings. The zero-order valence-corrected chi connectivity index (χ0v) is 10.8. The van der Waals surface area contributed by atoms with Crippen LogP contribution in [0.5, 0.6) is 0 Å². The minimum atomic E-state index is 0.831. The molecule has 1 N–H and O–H groups in total. The minimum Gasteiger partial charge on any atom is -0.381 e. The van der Waals surface area contributed by atoms with Gasteiger partial charge in [0.15, 0.2) is 0 Å². The lowest BCUT2D eigenvalue weighted by Gasteiger charge is -2.09. The average molecular weight is 246 g/mol. The van der Waals surface area contributed by atoms with Gasteiger partial charge in [0.05, 0.1) is 0 Å². The Labute approximate surface area is 113 Å². The summed E-state index contributed by atoms with van der Waals surface area (Å²) in [6, 6.07) is 23.1. The molecule has 93 valence electrons. The molecule has 0 amide bonds. The van der Waals surface area contributed by atoms with Gasteiger partial charge >= 0.3 is 0 Å². The van der Waals surface area contributed by atoms with Crippen LogP contribution >= 0.6 is 0 Å². The number of nitrogens with one attached hydrogen (secondary N) is 1. The van der Waals surface area contributed by atoms with Crippen molar-refractivity contribution in [2.45, 2.75) is 6.54 Å². The van der Waals surface area contributed by atoms with Crippen molar-refractivity contribution in [1.29, 1.82) is 0 Å². The Morgan fingerprint density at radius 3 is 2.37 bits per heavy atom. The summed E-state index contributed by atoms with van der Waals surface area (Å²) >= 11 is 0. The first-order valence-electron chi connectivity index (χ1n) is 6.45. The quantitative estimate of drug-likeness (QED) is 0.710. The highest BCUT2D eigenvalue weighted by molar-refractivity contribution is 5.85. The van der Waals surface area contributed by atoms with E-state index in [1.165, 1.54) is 16.3 Å². The third kappa shape index (κ3) is 2.60. The number of benzene rings is 3. The molecule has 0 unspecified atom stereocenters. The van der Waals surface area contributed by atoms with Gasteiger partial charge in [-0.05, 0) is 41.0 Å². The van der Waals surface area contributed by atoms with Gasteiger partial charge in [-0.25, -0.2) is 0 Å². The smallest absolute Gasteiger partial charge is 0.0406 e. The van der Waals surface area contributed by atoms with Crippen molar-refractivity contribution >= 4 is 16.5 Å². The predicted molar refractivity (Wildman–Crippen MR) is 82.2 cm³/mol. The van der Waals surface area contributed by atoms with Gasteiger partial charge in [0.1, 0.15) is 0 Å². The van der Waals surface area contributed by atoms with E-state index in [-0.39, 0.29) is 0 Å². The topological polar surface area (TPSA) is 12.0 Å². The average Bonchev–Trinajstić information content (AvgIpc) is 2.47. The van der Waals surface area contributed by atoms with Crippen LogP contribution in [0.4, 0.5) is 5.69 Å². The Kier molecular flexibility index (Phi) is 3.20. The molecule has 3 rings (SSSR count). The van der Waals surface area contributed by atoms with Gasteiger partial charge < -0.3 is 5.32 Å². The summed E-state index contributed by atoms with van der Waals surface area (Å²) in [5.74, 6) is 0. The summed E-state index contributed by atoms with van der Waals surface area (Å²) in [6.45, 7) is 4.72. The molecule has 19 heavy (non-hydrogen) atoms. The Morgan fingerprint density at radius 2 is 1.53 bits per heavy atom. The molecule has 1 nitrogen and oxygen atoms in total. The van der Waals surface area contributed by atoms with Crippen molar-refractivity contribution in [3.63, 3.8) is 0 Å². The second kappa shape index (κ2) is 5.15. The summed E-state index contributed by atoms with van der Waals surface area (Å²) in [6.07, 6.45) is 0. The monoisotopic (exact) mass is 246 g/mol. The maximum atomic E-state index is 3.89. The van der Waals surface area contributed by atoms with Crippen LogP contribution in [0.25, 0.3) is 10.8 Å². The van der Waals surface area contributed by atoms with Gasteiger partial charge in [0, 0.05) is 12.2 Å². The fourth-order valence-corrected chi connectivity index (χ4v) is 2.27. The van der Waals surface area contributed by atoms with Crippen LogP contribution in [0.3, 0.4) is 0 Å². The van der Waals surface area contributed by atoms with E-state index < -0.39 is 0 Å². The van der Waals surface area contributed by atoms with Crippen LogP contribution in [0.2, 0.25) is 0 Å². The first-order valence-corrected chi connectivity index (χ1v) is 6.45. The molecule has 0 bridgehead atoms. The normalized spacial score (nSPS) is 10.6. The first-order chi connectivity index (χ1) is 9.33. The molecule has 0 saturated carbocycles. The third-order valence-electron chi connectivity index (χ3n) is 3.32. The lowest BCUT2D eigenvalue weighted by Crippen LogP contribution is -1.99. The lowest BCUT2D eigenvalue weighted by molar-refractivity contribution is 1.17. The number of hydrogen-bond acceptors (Lipinski definition) is 1. The van der Waals surface area contributed by atoms with Gasteiger partial charge in [0.25, 0.3) is 0 Å². The Hall–Kier alpha value is -2.28. The summed E-state index contributed by atoms with van der Waals surface area (Å²) in [4.78, 5) is 0. The molecular formula is C18H16N. The Morgan fingerprint density at radius 1 is 0.789 bits per heavy atom. The van der Waals surface area contributed by atoms with E-state index in [4.69, 9.17) is 0 Å². The highest BCUT2D eigenvalue weighted by atomic mass is 14.9.